The zero-order valence-electron chi connectivity index (χ0n) is 21.1. The Morgan fingerprint density at radius 1 is 0.972 bits per heavy atom. The summed E-state index contributed by atoms with van der Waals surface area (Å²) >= 11 is 0. The number of hydrogen-bond donors (Lipinski definition) is 0. The van der Waals surface area contributed by atoms with Crippen molar-refractivity contribution >= 4 is 5.91 Å². The van der Waals surface area contributed by atoms with Crippen LogP contribution in [0.4, 0.5) is 4.39 Å². The minimum absolute atomic E-state index is 0.0299. The minimum atomic E-state index is -0.308. The Hall–Kier alpha value is -3.45. The van der Waals surface area contributed by atoms with Crippen LogP contribution in [-0.2, 0) is 29.8 Å². The highest BCUT2D eigenvalue weighted by molar-refractivity contribution is 5.78. The van der Waals surface area contributed by atoms with E-state index in [1.807, 2.05) is 17.0 Å². The van der Waals surface area contributed by atoms with Crippen molar-refractivity contribution in [2.45, 2.75) is 45.8 Å². The predicted molar refractivity (Wildman–Crippen MR) is 136 cm³/mol. The zero-order chi connectivity index (χ0) is 25.7. The average molecular weight is 493 g/mol. The summed E-state index contributed by atoms with van der Waals surface area (Å²) in [6.07, 6.45) is 1.64. The van der Waals surface area contributed by atoms with E-state index in [9.17, 15) is 14.0 Å². The highest BCUT2D eigenvalue weighted by Gasteiger charge is 2.22. The Bertz CT molecular complexity index is 1220. The van der Waals surface area contributed by atoms with Crippen LogP contribution >= 0.6 is 0 Å². The first-order valence-corrected chi connectivity index (χ1v) is 12.3. The number of nitrogens with zero attached hydrogens (tertiary/aromatic N) is 2. The topological polar surface area (TPSA) is 63.0 Å². The first kappa shape index (κ1) is 25.6. The van der Waals surface area contributed by atoms with Crippen molar-refractivity contribution in [3.8, 4) is 5.75 Å². The number of carbonyl (C=O) groups excluding carboxylic acids is 1. The average Bonchev–Trinajstić information content (AvgIpc) is 2.85. The third-order valence-corrected chi connectivity index (χ3v) is 6.44. The molecule has 0 atom stereocenters. The van der Waals surface area contributed by atoms with Gasteiger partial charge in [-0.1, -0.05) is 57.2 Å². The van der Waals surface area contributed by atoms with Crippen LogP contribution in [0.15, 0.2) is 70.1 Å². The molecular weight excluding hydrogens is 459 g/mol. The van der Waals surface area contributed by atoms with Gasteiger partial charge in [-0.3, -0.25) is 14.5 Å². The maximum absolute atomic E-state index is 13.1. The van der Waals surface area contributed by atoms with Crippen LogP contribution in [0, 0.1) is 5.82 Å². The van der Waals surface area contributed by atoms with Crippen molar-refractivity contribution in [3.05, 3.63) is 99.4 Å². The fraction of sp³-hybridized carbons (Fsp3) is 0.379. The number of piperazine rings is 1. The van der Waals surface area contributed by atoms with Gasteiger partial charge in [0.25, 0.3) is 0 Å². The van der Waals surface area contributed by atoms with E-state index < -0.39 is 0 Å². The molecule has 1 amide bonds. The van der Waals surface area contributed by atoms with E-state index in [4.69, 9.17) is 9.15 Å². The standard InChI is InChI=1S/C29H33FN2O4/c1-29(2,3)23-8-4-22(5-9-23)19-36-27-20-35-25(17-26(27)33)18-31-12-14-32(15-13-31)28(34)16-21-6-10-24(30)11-7-21/h4-11,17,20H,12-16,18-19H2,1-3H3. The van der Waals surface area contributed by atoms with Gasteiger partial charge in [0.2, 0.25) is 17.1 Å². The fourth-order valence-electron chi connectivity index (χ4n) is 4.15. The van der Waals surface area contributed by atoms with Gasteiger partial charge in [0.15, 0.2) is 0 Å². The van der Waals surface area contributed by atoms with Crippen LogP contribution < -0.4 is 10.2 Å². The molecule has 0 aliphatic carbocycles. The quantitative estimate of drug-likeness (QED) is 0.485. The van der Waals surface area contributed by atoms with E-state index in [0.29, 0.717) is 45.1 Å². The summed E-state index contributed by atoms with van der Waals surface area (Å²) in [6.45, 7) is 9.84. The molecule has 0 unspecified atom stereocenters. The van der Waals surface area contributed by atoms with E-state index in [2.05, 4.69) is 37.8 Å². The lowest BCUT2D eigenvalue weighted by atomic mass is 9.87. The molecule has 0 saturated carbocycles. The lowest BCUT2D eigenvalue weighted by molar-refractivity contribution is -0.132. The van der Waals surface area contributed by atoms with Crippen LogP contribution in [-0.4, -0.2) is 41.9 Å². The maximum Gasteiger partial charge on any atom is 0.227 e. The van der Waals surface area contributed by atoms with Crippen LogP contribution in [0.3, 0.4) is 0 Å². The Labute approximate surface area is 211 Å². The molecular formula is C29H33FN2O4. The van der Waals surface area contributed by atoms with Crippen LogP contribution in [0.25, 0.3) is 0 Å². The van der Waals surface area contributed by atoms with E-state index in [0.717, 1.165) is 11.1 Å². The van der Waals surface area contributed by atoms with E-state index in [-0.39, 0.29) is 34.7 Å². The number of hydrogen-bond acceptors (Lipinski definition) is 5. The summed E-state index contributed by atoms with van der Waals surface area (Å²) in [7, 11) is 0. The summed E-state index contributed by atoms with van der Waals surface area (Å²) < 4.78 is 24.4. The van der Waals surface area contributed by atoms with Crippen molar-refractivity contribution in [1.29, 1.82) is 0 Å². The van der Waals surface area contributed by atoms with Gasteiger partial charge in [-0.05, 0) is 34.2 Å². The van der Waals surface area contributed by atoms with Gasteiger partial charge < -0.3 is 14.1 Å². The number of ether oxygens (including phenoxy) is 1. The summed E-state index contributed by atoms with van der Waals surface area (Å²) in [4.78, 5) is 29.1. The lowest BCUT2D eigenvalue weighted by Gasteiger charge is -2.34. The van der Waals surface area contributed by atoms with Crippen molar-refractivity contribution < 1.29 is 18.3 Å². The molecule has 1 saturated heterocycles. The minimum Gasteiger partial charge on any atom is -0.482 e. The van der Waals surface area contributed by atoms with Gasteiger partial charge >= 0.3 is 0 Å². The lowest BCUT2D eigenvalue weighted by Crippen LogP contribution is -2.48. The fourth-order valence-corrected chi connectivity index (χ4v) is 4.15. The second-order valence-corrected chi connectivity index (χ2v) is 10.3. The van der Waals surface area contributed by atoms with Gasteiger partial charge in [-0.2, -0.15) is 0 Å². The third-order valence-electron chi connectivity index (χ3n) is 6.44. The Morgan fingerprint density at radius 3 is 2.22 bits per heavy atom. The molecule has 7 heteroatoms. The highest BCUT2D eigenvalue weighted by Crippen LogP contribution is 2.22. The maximum atomic E-state index is 13.1. The predicted octanol–water partition coefficient (Wildman–Crippen LogP) is 4.54. The smallest absolute Gasteiger partial charge is 0.227 e. The van der Waals surface area contributed by atoms with E-state index in [1.54, 1.807) is 12.1 Å². The number of benzene rings is 2. The molecule has 0 N–H and O–H groups in total. The normalized spacial score (nSPS) is 14.6. The molecule has 1 fully saturated rings. The largest absolute Gasteiger partial charge is 0.482 e. The number of halogens is 1. The third kappa shape index (κ3) is 6.82. The zero-order valence-corrected chi connectivity index (χ0v) is 21.1. The van der Waals surface area contributed by atoms with Crippen molar-refractivity contribution in [1.82, 2.24) is 9.80 Å². The van der Waals surface area contributed by atoms with Gasteiger partial charge in [-0.25, -0.2) is 4.39 Å². The Morgan fingerprint density at radius 2 is 1.61 bits per heavy atom. The van der Waals surface area contributed by atoms with Crippen molar-refractivity contribution in [2.75, 3.05) is 26.2 Å². The second kappa shape index (κ2) is 11.1. The Kier molecular flexibility index (Phi) is 7.89. The molecule has 0 bridgehead atoms. The molecule has 1 aliphatic heterocycles. The monoisotopic (exact) mass is 492 g/mol. The molecule has 6 nitrogen and oxygen atoms in total. The van der Waals surface area contributed by atoms with Gasteiger partial charge in [0.1, 0.15) is 24.4 Å². The Balaban J connectivity index is 1.25. The highest BCUT2D eigenvalue weighted by atomic mass is 19.1. The van der Waals surface area contributed by atoms with Crippen molar-refractivity contribution in [2.24, 2.45) is 0 Å². The molecule has 0 spiro atoms. The van der Waals surface area contributed by atoms with Gasteiger partial charge in [-0.15, -0.1) is 0 Å². The molecule has 2 heterocycles. The molecule has 3 aromatic rings. The molecule has 0 radical (unpaired) electrons. The molecule has 36 heavy (non-hydrogen) atoms. The first-order chi connectivity index (χ1) is 17.2. The van der Waals surface area contributed by atoms with E-state index >= 15 is 0 Å². The molecule has 1 aliphatic rings. The number of amides is 1. The number of rotatable bonds is 7. The van der Waals surface area contributed by atoms with Crippen molar-refractivity contribution in [3.63, 3.8) is 0 Å². The summed E-state index contributed by atoms with van der Waals surface area (Å²) in [6, 6.07) is 15.7. The second-order valence-electron chi connectivity index (χ2n) is 10.3. The SMILES string of the molecule is CC(C)(C)c1ccc(COc2coc(CN3CCN(C(=O)Cc4ccc(F)cc4)CC3)cc2=O)cc1. The molecule has 1 aromatic heterocycles. The molecule has 2 aromatic carbocycles. The number of carbonyl (C=O) groups is 1. The van der Waals surface area contributed by atoms with Crippen LogP contribution in [0.2, 0.25) is 0 Å². The summed E-state index contributed by atoms with van der Waals surface area (Å²) in [5.74, 6) is 0.474. The molecule has 190 valence electrons. The van der Waals surface area contributed by atoms with Crippen LogP contribution in [0.5, 0.6) is 5.75 Å². The van der Waals surface area contributed by atoms with E-state index in [1.165, 1.54) is 30.0 Å². The molecule has 4 rings (SSSR count). The summed E-state index contributed by atoms with van der Waals surface area (Å²) in [5.41, 5.74) is 2.90. The van der Waals surface area contributed by atoms with Crippen LogP contribution in [0.1, 0.15) is 43.2 Å². The van der Waals surface area contributed by atoms with Gasteiger partial charge in [0, 0.05) is 32.2 Å². The summed E-state index contributed by atoms with van der Waals surface area (Å²) in [5, 5.41) is 0. The first-order valence-electron chi connectivity index (χ1n) is 12.3. The van der Waals surface area contributed by atoms with Gasteiger partial charge in [0.05, 0.1) is 13.0 Å².